The molecule has 0 unspecified atom stereocenters. The van der Waals surface area contributed by atoms with Gasteiger partial charge >= 0.3 is 0 Å². The summed E-state index contributed by atoms with van der Waals surface area (Å²) in [4.78, 5) is 12.5. The molecule has 0 saturated carbocycles. The third kappa shape index (κ3) is 6.11. The number of benzene rings is 2. The van der Waals surface area contributed by atoms with E-state index in [1.165, 1.54) is 57.8 Å². The first kappa shape index (κ1) is 18.7. The van der Waals surface area contributed by atoms with E-state index in [0.717, 1.165) is 22.8 Å². The summed E-state index contributed by atoms with van der Waals surface area (Å²) in [5.74, 6) is 0.298. The first-order valence-corrected chi connectivity index (χ1v) is 9.84. The van der Waals surface area contributed by atoms with Crippen molar-refractivity contribution in [1.82, 2.24) is 0 Å². The molecule has 0 amide bonds. The molecule has 1 heteroatoms. The first-order chi connectivity index (χ1) is 11.8. The van der Waals surface area contributed by atoms with Gasteiger partial charge in [-0.2, -0.15) is 0 Å². The van der Waals surface area contributed by atoms with E-state index in [-0.39, 0.29) is 0 Å². The molecule has 0 aliphatic rings. The van der Waals surface area contributed by atoms with Crippen LogP contribution < -0.4 is 0 Å². The molecule has 2 rings (SSSR count). The largest absolute Gasteiger partial charge is 0.294 e. The highest BCUT2D eigenvalue weighted by Gasteiger charge is 2.09. The zero-order chi connectivity index (χ0) is 17.0. The van der Waals surface area contributed by atoms with Crippen LogP contribution in [0.15, 0.2) is 42.5 Å². The highest BCUT2D eigenvalue weighted by Crippen LogP contribution is 2.21. The first-order valence-electron chi connectivity index (χ1n) is 9.84. The van der Waals surface area contributed by atoms with Crippen LogP contribution in [-0.4, -0.2) is 5.78 Å². The summed E-state index contributed by atoms with van der Waals surface area (Å²) in [6, 6.07) is 14.2. The van der Waals surface area contributed by atoms with E-state index in [4.69, 9.17) is 0 Å². The van der Waals surface area contributed by atoms with Gasteiger partial charge in [0.2, 0.25) is 0 Å². The van der Waals surface area contributed by atoms with Crippen molar-refractivity contribution in [3.05, 3.63) is 48.0 Å². The lowest BCUT2D eigenvalue weighted by Crippen LogP contribution is -2.00. The molecule has 0 fully saturated rings. The Kier molecular flexibility index (Phi) is 8.59. The molecule has 0 radical (unpaired) electrons. The maximum absolute atomic E-state index is 12.5. The molecule has 2 aromatic rings. The van der Waals surface area contributed by atoms with E-state index >= 15 is 0 Å². The van der Waals surface area contributed by atoms with Crippen molar-refractivity contribution in [1.29, 1.82) is 0 Å². The van der Waals surface area contributed by atoms with Crippen molar-refractivity contribution in [2.24, 2.45) is 0 Å². The van der Waals surface area contributed by atoms with Crippen molar-refractivity contribution in [3.8, 4) is 0 Å². The summed E-state index contributed by atoms with van der Waals surface area (Å²) in [6.45, 7) is 2.26. The van der Waals surface area contributed by atoms with Gasteiger partial charge in [0.1, 0.15) is 0 Å². The molecule has 0 aliphatic heterocycles. The quantitative estimate of drug-likeness (QED) is 0.295. The number of rotatable bonds is 12. The van der Waals surface area contributed by atoms with Gasteiger partial charge in [0.05, 0.1) is 0 Å². The number of ketones is 1. The number of carbonyl (C=O) groups excluding carboxylic acids is 1. The Balaban J connectivity index is 1.63. The molecule has 0 aromatic heterocycles. The molecule has 2 aromatic carbocycles. The zero-order valence-electron chi connectivity index (χ0n) is 15.2. The van der Waals surface area contributed by atoms with Crippen molar-refractivity contribution in [3.63, 3.8) is 0 Å². The minimum atomic E-state index is 0.298. The molecule has 0 spiro atoms. The van der Waals surface area contributed by atoms with Crippen LogP contribution in [0, 0.1) is 0 Å². The molecule has 0 heterocycles. The van der Waals surface area contributed by atoms with Gasteiger partial charge < -0.3 is 0 Å². The number of carbonyl (C=O) groups is 1. The number of Topliss-reactive ketones (excluding diaryl/α,β-unsaturated/α-hetero) is 1. The summed E-state index contributed by atoms with van der Waals surface area (Å²) in [7, 11) is 0. The Morgan fingerprint density at radius 2 is 1.29 bits per heavy atom. The summed E-state index contributed by atoms with van der Waals surface area (Å²) in [6.07, 6.45) is 13.7. The lowest BCUT2D eigenvalue weighted by Gasteiger charge is -2.06. The van der Waals surface area contributed by atoms with Crippen LogP contribution >= 0.6 is 0 Å². The molecule has 130 valence electrons. The molecule has 0 aliphatic carbocycles. The van der Waals surface area contributed by atoms with Gasteiger partial charge in [0.15, 0.2) is 5.78 Å². The van der Waals surface area contributed by atoms with E-state index in [1.807, 2.05) is 24.3 Å². The predicted molar refractivity (Wildman–Crippen MR) is 105 cm³/mol. The van der Waals surface area contributed by atoms with Crippen LogP contribution in [0.1, 0.15) is 87.9 Å². The van der Waals surface area contributed by atoms with Crippen molar-refractivity contribution < 1.29 is 4.79 Å². The zero-order valence-corrected chi connectivity index (χ0v) is 15.2. The molecule has 0 N–H and O–H groups in total. The van der Waals surface area contributed by atoms with Crippen molar-refractivity contribution in [2.45, 2.75) is 77.6 Å². The van der Waals surface area contributed by atoms with Gasteiger partial charge in [0, 0.05) is 12.0 Å². The van der Waals surface area contributed by atoms with E-state index in [0.29, 0.717) is 12.2 Å². The second-order valence-corrected chi connectivity index (χ2v) is 6.88. The van der Waals surface area contributed by atoms with Crippen molar-refractivity contribution >= 4 is 16.6 Å². The number of hydrogen-bond donors (Lipinski definition) is 0. The summed E-state index contributed by atoms with van der Waals surface area (Å²) < 4.78 is 0. The van der Waals surface area contributed by atoms with Gasteiger partial charge in [-0.15, -0.1) is 0 Å². The topological polar surface area (TPSA) is 17.1 Å². The van der Waals surface area contributed by atoms with Gasteiger partial charge in [-0.1, -0.05) is 107 Å². The Bertz CT molecular complexity index is 609. The van der Waals surface area contributed by atoms with Crippen LogP contribution in [0.2, 0.25) is 0 Å². The van der Waals surface area contributed by atoms with Gasteiger partial charge in [-0.05, 0) is 17.2 Å². The maximum atomic E-state index is 12.5. The second kappa shape index (κ2) is 11.0. The number of unbranched alkanes of at least 4 members (excludes halogenated alkanes) is 9. The Morgan fingerprint density at radius 3 is 2.00 bits per heavy atom. The van der Waals surface area contributed by atoms with Crippen LogP contribution in [0.3, 0.4) is 0 Å². The normalized spacial score (nSPS) is 11.0. The smallest absolute Gasteiger partial charge is 0.163 e. The van der Waals surface area contributed by atoms with E-state index in [9.17, 15) is 4.79 Å². The monoisotopic (exact) mass is 324 g/mol. The molecule has 0 bridgehead atoms. The average Bonchev–Trinajstić information content (AvgIpc) is 2.62. The minimum Gasteiger partial charge on any atom is -0.294 e. The van der Waals surface area contributed by atoms with Crippen LogP contribution in [-0.2, 0) is 0 Å². The summed E-state index contributed by atoms with van der Waals surface area (Å²) in [5, 5.41) is 2.25. The highest BCUT2D eigenvalue weighted by atomic mass is 16.1. The average molecular weight is 325 g/mol. The number of fused-ring (bicyclic) bond motifs is 1. The van der Waals surface area contributed by atoms with E-state index < -0.39 is 0 Å². The molecule has 0 saturated heterocycles. The highest BCUT2D eigenvalue weighted by molar-refractivity contribution is 6.08. The van der Waals surface area contributed by atoms with Crippen LogP contribution in [0.5, 0.6) is 0 Å². The third-order valence-electron chi connectivity index (χ3n) is 4.85. The predicted octanol–water partition coefficient (Wildman–Crippen LogP) is 7.33. The maximum Gasteiger partial charge on any atom is 0.163 e. The van der Waals surface area contributed by atoms with Crippen LogP contribution in [0.4, 0.5) is 0 Å². The number of hydrogen-bond acceptors (Lipinski definition) is 1. The Hall–Kier alpha value is -1.63. The van der Waals surface area contributed by atoms with E-state index in [1.54, 1.807) is 0 Å². The summed E-state index contributed by atoms with van der Waals surface area (Å²) in [5.41, 5.74) is 0.893. The Morgan fingerprint density at radius 1 is 0.708 bits per heavy atom. The second-order valence-electron chi connectivity index (χ2n) is 6.88. The molecule has 24 heavy (non-hydrogen) atoms. The lowest BCUT2D eigenvalue weighted by atomic mass is 9.98. The summed E-state index contributed by atoms with van der Waals surface area (Å²) >= 11 is 0. The minimum absolute atomic E-state index is 0.298. The van der Waals surface area contributed by atoms with Gasteiger partial charge in [-0.3, -0.25) is 4.79 Å². The fourth-order valence-electron chi connectivity index (χ4n) is 3.38. The van der Waals surface area contributed by atoms with Crippen molar-refractivity contribution in [2.75, 3.05) is 0 Å². The molecule has 1 nitrogen and oxygen atoms in total. The van der Waals surface area contributed by atoms with Crippen LogP contribution in [0.25, 0.3) is 10.8 Å². The lowest BCUT2D eigenvalue weighted by molar-refractivity contribution is 0.0980. The standard InChI is InChI=1S/C23H32O/c1-2-3-4-5-6-7-8-9-10-11-19-23(24)22-18-14-16-20-15-12-13-17-21(20)22/h12-18H,2-11,19H2,1H3. The van der Waals surface area contributed by atoms with E-state index in [2.05, 4.69) is 25.1 Å². The van der Waals surface area contributed by atoms with Gasteiger partial charge in [0.25, 0.3) is 0 Å². The SMILES string of the molecule is CCCCCCCCCCCCC(=O)c1cccc2ccccc12. The Labute approximate surface area is 147 Å². The third-order valence-corrected chi connectivity index (χ3v) is 4.85. The molecular weight excluding hydrogens is 292 g/mol. The fraction of sp³-hybridized carbons (Fsp3) is 0.522. The molecular formula is C23H32O. The fourth-order valence-corrected chi connectivity index (χ4v) is 3.38. The van der Waals surface area contributed by atoms with Gasteiger partial charge in [-0.25, -0.2) is 0 Å². The molecule has 0 atom stereocenters.